The molecule has 2 atom stereocenters. The molecular formula is C11H19N5S. The Kier molecular flexibility index (Phi) is 3.33. The molecule has 0 bridgehead atoms. The summed E-state index contributed by atoms with van der Waals surface area (Å²) in [7, 11) is 0. The van der Waals surface area contributed by atoms with Crippen LogP contribution in [0.1, 0.15) is 45.1 Å². The first-order valence-electron chi connectivity index (χ1n) is 6.56. The summed E-state index contributed by atoms with van der Waals surface area (Å²) >= 11 is 1.87. The predicted octanol–water partition coefficient (Wildman–Crippen LogP) is 1.63. The predicted molar refractivity (Wildman–Crippen MR) is 67.0 cm³/mol. The van der Waals surface area contributed by atoms with Crippen LogP contribution in [0.25, 0.3) is 0 Å². The van der Waals surface area contributed by atoms with Gasteiger partial charge in [-0.05, 0) is 42.7 Å². The van der Waals surface area contributed by atoms with Crippen molar-refractivity contribution in [1.82, 2.24) is 25.5 Å². The lowest BCUT2D eigenvalue weighted by Crippen LogP contribution is -2.33. The van der Waals surface area contributed by atoms with Crippen LogP contribution in [-0.2, 0) is 0 Å². The average Bonchev–Trinajstić information content (AvgIpc) is 2.92. The van der Waals surface area contributed by atoms with Crippen molar-refractivity contribution in [3.63, 3.8) is 0 Å². The SMILES string of the molecule is CCNC1CCCC1Sc1nnnn1C1CC1. The summed E-state index contributed by atoms with van der Waals surface area (Å²) in [6.07, 6.45) is 6.36. The van der Waals surface area contributed by atoms with Crippen molar-refractivity contribution in [1.29, 1.82) is 0 Å². The first-order valence-corrected chi connectivity index (χ1v) is 7.44. The molecule has 1 aromatic rings. The summed E-state index contributed by atoms with van der Waals surface area (Å²) < 4.78 is 2.02. The second kappa shape index (κ2) is 4.94. The standard InChI is InChI=1S/C11H19N5S/c1-2-12-9-4-3-5-10(9)17-11-13-14-15-16(11)8-6-7-8/h8-10,12H,2-7H2,1H3. The van der Waals surface area contributed by atoms with Gasteiger partial charge in [0.2, 0.25) is 5.16 Å². The van der Waals surface area contributed by atoms with Gasteiger partial charge < -0.3 is 5.32 Å². The second-order valence-electron chi connectivity index (χ2n) is 4.89. The lowest BCUT2D eigenvalue weighted by Gasteiger charge is -2.19. The Hall–Kier alpha value is -0.620. The Balaban J connectivity index is 1.66. The molecule has 0 saturated heterocycles. The maximum atomic E-state index is 4.17. The third-order valence-corrected chi connectivity index (χ3v) is 4.88. The van der Waals surface area contributed by atoms with Gasteiger partial charge in [-0.3, -0.25) is 0 Å². The summed E-state index contributed by atoms with van der Waals surface area (Å²) in [5, 5.41) is 17.3. The van der Waals surface area contributed by atoms with Crippen molar-refractivity contribution in [2.45, 2.75) is 61.5 Å². The molecule has 2 fully saturated rings. The molecule has 2 saturated carbocycles. The van der Waals surface area contributed by atoms with E-state index in [-0.39, 0.29) is 0 Å². The van der Waals surface area contributed by atoms with Gasteiger partial charge in [0.05, 0.1) is 6.04 Å². The zero-order valence-electron chi connectivity index (χ0n) is 10.2. The van der Waals surface area contributed by atoms with E-state index in [2.05, 4.69) is 27.8 Å². The number of tetrazole rings is 1. The molecule has 1 N–H and O–H groups in total. The van der Waals surface area contributed by atoms with Gasteiger partial charge in [-0.15, -0.1) is 5.10 Å². The Labute approximate surface area is 106 Å². The number of nitrogens with zero attached hydrogens (tertiary/aromatic N) is 4. The Bertz CT molecular complexity index is 376. The minimum atomic E-state index is 0.575. The topological polar surface area (TPSA) is 55.6 Å². The fraction of sp³-hybridized carbons (Fsp3) is 0.909. The highest BCUT2D eigenvalue weighted by atomic mass is 32.2. The van der Waals surface area contributed by atoms with Gasteiger partial charge in [-0.1, -0.05) is 25.1 Å². The van der Waals surface area contributed by atoms with Gasteiger partial charge >= 0.3 is 0 Å². The van der Waals surface area contributed by atoms with Crippen molar-refractivity contribution >= 4 is 11.8 Å². The minimum absolute atomic E-state index is 0.575. The first-order chi connectivity index (χ1) is 8.38. The highest BCUT2D eigenvalue weighted by Gasteiger charge is 2.32. The van der Waals surface area contributed by atoms with E-state index in [1.54, 1.807) is 0 Å². The van der Waals surface area contributed by atoms with Gasteiger partial charge in [0, 0.05) is 11.3 Å². The van der Waals surface area contributed by atoms with Gasteiger partial charge in [-0.25, -0.2) is 4.68 Å². The largest absolute Gasteiger partial charge is 0.313 e. The molecule has 6 heteroatoms. The molecule has 0 radical (unpaired) electrons. The molecule has 17 heavy (non-hydrogen) atoms. The summed E-state index contributed by atoms with van der Waals surface area (Å²) in [6.45, 7) is 3.23. The maximum absolute atomic E-state index is 4.17. The molecule has 1 aromatic heterocycles. The molecular weight excluding hydrogens is 234 g/mol. The van der Waals surface area contributed by atoms with E-state index in [9.17, 15) is 0 Å². The summed E-state index contributed by atoms with van der Waals surface area (Å²) in [5.41, 5.74) is 0. The molecule has 0 spiro atoms. The number of thioether (sulfide) groups is 1. The van der Waals surface area contributed by atoms with E-state index in [0.29, 0.717) is 17.3 Å². The van der Waals surface area contributed by atoms with E-state index < -0.39 is 0 Å². The molecule has 0 aromatic carbocycles. The molecule has 5 nitrogen and oxygen atoms in total. The van der Waals surface area contributed by atoms with Gasteiger partial charge in [0.15, 0.2) is 0 Å². The summed E-state index contributed by atoms with van der Waals surface area (Å²) in [6, 6.07) is 1.21. The minimum Gasteiger partial charge on any atom is -0.313 e. The molecule has 2 aliphatic rings. The van der Waals surface area contributed by atoms with Crippen LogP contribution in [0, 0.1) is 0 Å². The third kappa shape index (κ3) is 2.47. The second-order valence-corrected chi connectivity index (χ2v) is 6.09. The van der Waals surface area contributed by atoms with Gasteiger partial charge in [0.25, 0.3) is 0 Å². The fourth-order valence-electron chi connectivity index (χ4n) is 2.51. The quantitative estimate of drug-likeness (QED) is 0.864. The number of nitrogens with one attached hydrogen (secondary N) is 1. The van der Waals surface area contributed by atoms with Crippen molar-refractivity contribution < 1.29 is 0 Å². The van der Waals surface area contributed by atoms with Crippen LogP contribution in [0.3, 0.4) is 0 Å². The van der Waals surface area contributed by atoms with Crippen LogP contribution in [-0.4, -0.2) is 38.0 Å². The molecule has 94 valence electrons. The van der Waals surface area contributed by atoms with E-state index in [0.717, 1.165) is 11.7 Å². The Morgan fingerprint density at radius 3 is 3.00 bits per heavy atom. The van der Waals surface area contributed by atoms with E-state index in [4.69, 9.17) is 0 Å². The van der Waals surface area contributed by atoms with E-state index >= 15 is 0 Å². The van der Waals surface area contributed by atoms with Crippen LogP contribution in [0.4, 0.5) is 0 Å². The van der Waals surface area contributed by atoms with E-state index in [1.807, 2.05) is 16.4 Å². The Morgan fingerprint density at radius 1 is 1.35 bits per heavy atom. The monoisotopic (exact) mass is 253 g/mol. The van der Waals surface area contributed by atoms with Crippen LogP contribution in [0.5, 0.6) is 0 Å². The summed E-state index contributed by atoms with van der Waals surface area (Å²) in [5.74, 6) is 0. The van der Waals surface area contributed by atoms with Gasteiger partial charge in [-0.2, -0.15) is 0 Å². The molecule has 0 amide bonds. The number of hydrogen-bond donors (Lipinski definition) is 1. The highest BCUT2D eigenvalue weighted by Crippen LogP contribution is 2.39. The average molecular weight is 253 g/mol. The molecule has 2 unspecified atom stereocenters. The third-order valence-electron chi connectivity index (χ3n) is 3.53. The summed E-state index contributed by atoms with van der Waals surface area (Å²) in [4.78, 5) is 0. The fourth-order valence-corrected chi connectivity index (χ4v) is 3.84. The number of aromatic nitrogens is 4. The number of hydrogen-bond acceptors (Lipinski definition) is 5. The molecule has 3 rings (SSSR count). The molecule has 2 aliphatic carbocycles. The van der Waals surface area contributed by atoms with Crippen LogP contribution in [0.15, 0.2) is 5.16 Å². The molecule has 0 aliphatic heterocycles. The van der Waals surface area contributed by atoms with Crippen molar-refractivity contribution in [2.24, 2.45) is 0 Å². The highest BCUT2D eigenvalue weighted by molar-refractivity contribution is 7.99. The van der Waals surface area contributed by atoms with Crippen molar-refractivity contribution in [3.8, 4) is 0 Å². The maximum Gasteiger partial charge on any atom is 0.209 e. The van der Waals surface area contributed by atoms with E-state index in [1.165, 1.54) is 32.1 Å². The first kappa shape index (κ1) is 11.5. The lowest BCUT2D eigenvalue weighted by molar-refractivity contribution is 0.543. The van der Waals surface area contributed by atoms with Crippen LogP contribution in [0.2, 0.25) is 0 Å². The molecule has 1 heterocycles. The normalized spacial score (nSPS) is 28.8. The van der Waals surface area contributed by atoms with Crippen molar-refractivity contribution in [3.05, 3.63) is 0 Å². The van der Waals surface area contributed by atoms with Crippen LogP contribution < -0.4 is 5.32 Å². The number of rotatable bonds is 5. The lowest BCUT2D eigenvalue weighted by atomic mass is 10.2. The zero-order chi connectivity index (χ0) is 11.7. The smallest absolute Gasteiger partial charge is 0.209 e. The van der Waals surface area contributed by atoms with Crippen LogP contribution >= 0.6 is 11.8 Å². The van der Waals surface area contributed by atoms with Crippen molar-refractivity contribution in [2.75, 3.05) is 6.54 Å². The van der Waals surface area contributed by atoms with Gasteiger partial charge in [0.1, 0.15) is 0 Å². The Morgan fingerprint density at radius 2 is 2.24 bits per heavy atom. The zero-order valence-corrected chi connectivity index (χ0v) is 11.0.